The molecule has 2 amide bonds. The second kappa shape index (κ2) is 14.8. The van der Waals surface area contributed by atoms with E-state index in [-0.39, 0.29) is 36.0 Å². The zero-order valence-corrected chi connectivity index (χ0v) is 25.4. The van der Waals surface area contributed by atoms with Crippen molar-refractivity contribution >= 4 is 34.8 Å². The fourth-order valence-electron chi connectivity index (χ4n) is 5.72. The van der Waals surface area contributed by atoms with Crippen LogP contribution in [0.15, 0.2) is 109 Å². The largest absolute Gasteiger partial charge is 0.497 e. The van der Waals surface area contributed by atoms with Gasteiger partial charge in [-0.25, -0.2) is 4.79 Å². The zero-order chi connectivity index (χ0) is 32.5. The average molecular weight is 619 g/mol. The van der Waals surface area contributed by atoms with Gasteiger partial charge in [-0.2, -0.15) is 0 Å². The maximum Gasteiger partial charge on any atom is 0.270 e. The molecular weight excluding hydrogens is 584 g/mol. The molecule has 1 saturated heterocycles. The van der Waals surface area contributed by atoms with Crippen molar-refractivity contribution in [3.63, 3.8) is 0 Å². The number of rotatable bonds is 11. The van der Waals surface area contributed by atoms with Gasteiger partial charge in [-0.05, 0) is 72.9 Å². The van der Waals surface area contributed by atoms with Crippen molar-refractivity contribution in [2.75, 3.05) is 37.0 Å². The van der Waals surface area contributed by atoms with Gasteiger partial charge >= 0.3 is 0 Å². The van der Waals surface area contributed by atoms with Gasteiger partial charge in [0.2, 0.25) is 0 Å². The number of anilines is 2. The summed E-state index contributed by atoms with van der Waals surface area (Å²) in [4.78, 5) is 53.0. The molecule has 0 atom stereocenters. The molecule has 0 aromatic heterocycles. The number of hydrogen-bond acceptors (Lipinski definition) is 7. The summed E-state index contributed by atoms with van der Waals surface area (Å²) in [5.74, 6) is 2.35. The van der Waals surface area contributed by atoms with Crippen molar-refractivity contribution in [2.24, 2.45) is 0 Å². The first-order valence-corrected chi connectivity index (χ1v) is 15.0. The van der Waals surface area contributed by atoms with Crippen LogP contribution in [0.2, 0.25) is 0 Å². The number of carbonyl (C=O) groups excluding carboxylic acids is 3. The van der Waals surface area contributed by atoms with Crippen LogP contribution in [0.25, 0.3) is 0 Å². The van der Waals surface area contributed by atoms with Crippen LogP contribution in [0.1, 0.15) is 51.5 Å². The molecule has 4 aromatic carbocycles. The molecule has 0 bridgehead atoms. The van der Waals surface area contributed by atoms with Crippen LogP contribution in [-0.2, 0) is 4.79 Å². The molecule has 4 aromatic rings. The lowest BCUT2D eigenvalue weighted by Gasteiger charge is -2.35. The summed E-state index contributed by atoms with van der Waals surface area (Å²) in [5, 5.41) is 14.4. The maximum absolute atomic E-state index is 13.6. The van der Waals surface area contributed by atoms with Crippen LogP contribution in [0.4, 0.5) is 17.1 Å². The van der Waals surface area contributed by atoms with E-state index in [4.69, 9.17) is 4.74 Å². The number of amides is 2. The number of non-ortho nitro benzene ring substituents is 1. The number of hydrogen-bond donors (Lipinski definition) is 1. The van der Waals surface area contributed by atoms with Crippen LogP contribution in [0.3, 0.4) is 0 Å². The number of likely N-dealkylation sites (tertiary alicyclic amines) is 1. The molecule has 0 spiro atoms. The normalized spacial score (nSPS) is 12.9. The van der Waals surface area contributed by atoms with Gasteiger partial charge in [0.05, 0.1) is 12.0 Å². The van der Waals surface area contributed by atoms with Gasteiger partial charge in [-0.15, -0.1) is 0 Å². The lowest BCUT2D eigenvalue weighted by Crippen LogP contribution is -2.36. The first-order valence-electron chi connectivity index (χ1n) is 15.0. The molecule has 1 aliphatic rings. The second-order valence-corrected chi connectivity index (χ2v) is 10.9. The lowest BCUT2D eigenvalue weighted by molar-refractivity contribution is -0.384. The monoisotopic (exact) mass is 618 g/mol. The number of nitrogens with one attached hydrogen (secondary N) is 1. The lowest BCUT2D eigenvalue weighted by atomic mass is 9.88. The Balaban J connectivity index is 1.24. The van der Waals surface area contributed by atoms with E-state index in [1.807, 2.05) is 47.4 Å². The number of piperidine rings is 1. The number of para-hydroxylation sites is 2. The van der Waals surface area contributed by atoms with Crippen molar-refractivity contribution < 1.29 is 24.0 Å². The Morgan fingerprint density at radius 1 is 0.935 bits per heavy atom. The van der Waals surface area contributed by atoms with Gasteiger partial charge in [0.25, 0.3) is 17.5 Å². The molecule has 1 heterocycles. The van der Waals surface area contributed by atoms with E-state index in [0.717, 1.165) is 24.1 Å². The minimum atomic E-state index is -0.534. The molecule has 10 heteroatoms. The average Bonchev–Trinajstić information content (AvgIpc) is 3.11. The topological polar surface area (TPSA) is 122 Å². The summed E-state index contributed by atoms with van der Waals surface area (Å²) < 4.78 is 5.19. The highest BCUT2D eigenvalue weighted by atomic mass is 16.6. The third kappa shape index (κ3) is 7.49. The molecule has 234 valence electrons. The molecule has 0 aliphatic carbocycles. The third-order valence-electron chi connectivity index (χ3n) is 8.18. The molecule has 10 nitrogen and oxygen atoms in total. The quantitative estimate of drug-likeness (QED) is 0.116. The van der Waals surface area contributed by atoms with Crippen molar-refractivity contribution in [3.8, 4) is 5.75 Å². The fraction of sp³-hybridized carbons (Fsp3) is 0.222. The summed E-state index contributed by atoms with van der Waals surface area (Å²) >= 11 is 0. The summed E-state index contributed by atoms with van der Waals surface area (Å²) in [5.41, 5.74) is 3.43. The molecule has 1 aliphatic heterocycles. The first-order chi connectivity index (χ1) is 22.4. The highest BCUT2D eigenvalue weighted by Crippen LogP contribution is 2.34. The van der Waals surface area contributed by atoms with Gasteiger partial charge in [0.1, 0.15) is 17.4 Å². The number of nitro benzene ring substituents is 1. The zero-order valence-electron chi connectivity index (χ0n) is 25.4. The Morgan fingerprint density at radius 2 is 1.63 bits per heavy atom. The van der Waals surface area contributed by atoms with Crippen LogP contribution in [0.5, 0.6) is 5.75 Å². The van der Waals surface area contributed by atoms with Gasteiger partial charge in [-0.3, -0.25) is 19.7 Å². The van der Waals surface area contributed by atoms with Crippen LogP contribution in [0, 0.1) is 10.1 Å². The predicted octanol–water partition coefficient (Wildman–Crippen LogP) is 6.49. The number of carbonyl (C=O) groups is 2. The SMILES string of the molecule is COc1ccc(C(=O)Nc2ccccc2C2CCN(C(=C=O)CCN(C(=O)c3cccc([N+](=O)[O-])c3)c3ccccc3)CC2)cc1. The molecular formula is C36H34N4O6. The Morgan fingerprint density at radius 3 is 2.30 bits per heavy atom. The number of benzene rings is 4. The van der Waals surface area contributed by atoms with Crippen molar-refractivity contribution in [3.05, 3.63) is 136 Å². The van der Waals surface area contributed by atoms with Crippen molar-refractivity contribution in [2.45, 2.75) is 25.2 Å². The Hall–Kier alpha value is -5.73. The van der Waals surface area contributed by atoms with Gasteiger partial charge in [-0.1, -0.05) is 42.5 Å². The first kappa shape index (κ1) is 31.7. The number of ether oxygens (including phenoxy) is 1. The number of methoxy groups -OCH3 is 1. The molecule has 0 unspecified atom stereocenters. The minimum absolute atomic E-state index is 0.169. The molecule has 0 radical (unpaired) electrons. The van der Waals surface area contributed by atoms with Crippen molar-refractivity contribution in [1.29, 1.82) is 0 Å². The number of nitrogens with zero attached hydrogens (tertiary/aromatic N) is 3. The van der Waals surface area contributed by atoms with E-state index in [1.54, 1.807) is 49.6 Å². The van der Waals surface area contributed by atoms with E-state index in [2.05, 4.69) is 11.3 Å². The fourth-order valence-corrected chi connectivity index (χ4v) is 5.72. The maximum atomic E-state index is 13.6. The van der Waals surface area contributed by atoms with E-state index < -0.39 is 10.8 Å². The summed E-state index contributed by atoms with van der Waals surface area (Å²) in [6.45, 7) is 1.41. The second-order valence-electron chi connectivity index (χ2n) is 10.9. The third-order valence-corrected chi connectivity index (χ3v) is 8.18. The van der Waals surface area contributed by atoms with E-state index in [1.165, 1.54) is 23.1 Å². The summed E-state index contributed by atoms with van der Waals surface area (Å²) in [7, 11) is 1.58. The van der Waals surface area contributed by atoms with Gasteiger partial charge < -0.3 is 19.9 Å². The smallest absolute Gasteiger partial charge is 0.270 e. The van der Waals surface area contributed by atoms with Gasteiger partial charge in [0.15, 0.2) is 0 Å². The molecule has 1 N–H and O–H groups in total. The van der Waals surface area contributed by atoms with E-state index in [0.29, 0.717) is 35.8 Å². The molecule has 0 saturated carbocycles. The molecule has 1 fully saturated rings. The predicted molar refractivity (Wildman–Crippen MR) is 176 cm³/mol. The number of nitro groups is 1. The van der Waals surface area contributed by atoms with Crippen molar-refractivity contribution in [1.82, 2.24) is 4.90 Å². The van der Waals surface area contributed by atoms with Crippen LogP contribution >= 0.6 is 0 Å². The van der Waals surface area contributed by atoms with E-state index in [9.17, 15) is 24.5 Å². The standard InChI is InChI=1S/C36H34N4O6/c1-46-32-16-14-27(15-17-32)35(42)37-34-13-6-5-12-33(34)26-18-21-38(22-19-26)31(25-41)20-23-39(29-9-3-2-4-10-29)36(43)28-8-7-11-30(24-28)40(44)45/h2-17,24,26H,18-23H2,1H3,(H,37,42). The highest BCUT2D eigenvalue weighted by molar-refractivity contribution is 6.06. The Bertz CT molecular complexity index is 1740. The summed E-state index contributed by atoms with van der Waals surface area (Å²) in [6.07, 6.45) is 1.78. The minimum Gasteiger partial charge on any atom is -0.497 e. The van der Waals surface area contributed by atoms with E-state index >= 15 is 0 Å². The molecule has 46 heavy (non-hydrogen) atoms. The summed E-state index contributed by atoms with van der Waals surface area (Å²) in [6, 6.07) is 29.4. The van der Waals surface area contributed by atoms with Gasteiger partial charge in [0, 0.05) is 60.7 Å². The van der Waals surface area contributed by atoms with Crippen LogP contribution < -0.4 is 15.0 Å². The highest BCUT2D eigenvalue weighted by Gasteiger charge is 2.26. The Kier molecular flexibility index (Phi) is 10.2. The van der Waals surface area contributed by atoms with Crippen LogP contribution in [-0.4, -0.2) is 54.3 Å². The Labute approximate surface area is 267 Å². The molecule has 5 rings (SSSR count).